The van der Waals surface area contributed by atoms with Crippen molar-refractivity contribution in [1.29, 1.82) is 0 Å². The molecular weight excluding hydrogens is 499 g/mol. The number of likely N-dealkylation sites (N-methyl/N-ethyl adjacent to an activating group) is 1. The predicted octanol–water partition coefficient (Wildman–Crippen LogP) is 3.59. The zero-order valence-electron chi connectivity index (χ0n) is 18.1. The third-order valence-electron chi connectivity index (χ3n) is 4.89. The van der Waals surface area contributed by atoms with Gasteiger partial charge in [0.25, 0.3) is 0 Å². The van der Waals surface area contributed by atoms with Gasteiger partial charge in [-0.15, -0.1) is 0 Å². The molecule has 1 N–H and O–H groups in total. The Labute approximate surface area is 201 Å². The summed E-state index contributed by atoms with van der Waals surface area (Å²) in [5, 5.41) is 2.99. The highest BCUT2D eigenvalue weighted by Gasteiger charge is 2.32. The fourth-order valence-electron chi connectivity index (χ4n) is 3.19. The van der Waals surface area contributed by atoms with Crippen LogP contribution in [0.5, 0.6) is 0 Å². The average molecular weight is 522 g/mol. The molecule has 0 aliphatic rings. The minimum Gasteiger partial charge on any atom is -0.357 e. The van der Waals surface area contributed by atoms with Gasteiger partial charge in [0.15, 0.2) is 11.6 Å². The highest BCUT2D eigenvalue weighted by molar-refractivity contribution is 7.92. The van der Waals surface area contributed by atoms with Gasteiger partial charge in [-0.2, -0.15) is 0 Å². The molecule has 0 aromatic heterocycles. The van der Waals surface area contributed by atoms with Gasteiger partial charge in [-0.1, -0.05) is 36.2 Å². The van der Waals surface area contributed by atoms with Gasteiger partial charge in [0.1, 0.15) is 12.6 Å². The van der Waals surface area contributed by atoms with Crippen LogP contribution in [0.2, 0.25) is 10.0 Å². The molecule has 0 saturated heterocycles. The molecule has 2 rings (SSSR count). The fourth-order valence-corrected chi connectivity index (χ4v) is 4.55. The van der Waals surface area contributed by atoms with E-state index in [1.54, 1.807) is 25.1 Å². The Bertz CT molecular complexity index is 1130. The second kappa shape index (κ2) is 11.1. The lowest BCUT2D eigenvalue weighted by Crippen LogP contribution is -2.51. The summed E-state index contributed by atoms with van der Waals surface area (Å²) < 4.78 is 52.6. The van der Waals surface area contributed by atoms with Crippen molar-refractivity contribution in [2.75, 3.05) is 24.2 Å². The topological polar surface area (TPSA) is 86.8 Å². The smallest absolute Gasteiger partial charge is 0.244 e. The van der Waals surface area contributed by atoms with Gasteiger partial charge in [0, 0.05) is 35.3 Å². The van der Waals surface area contributed by atoms with E-state index in [1.807, 2.05) is 0 Å². The molecule has 0 spiro atoms. The maximum absolute atomic E-state index is 13.8. The minimum atomic E-state index is -4.08. The quantitative estimate of drug-likeness (QED) is 0.546. The molecule has 0 aliphatic carbocycles. The van der Waals surface area contributed by atoms with Gasteiger partial charge in [0.05, 0.1) is 11.9 Å². The minimum absolute atomic E-state index is 0.182. The van der Waals surface area contributed by atoms with Crippen LogP contribution < -0.4 is 9.62 Å². The Hall–Kier alpha value is -2.43. The van der Waals surface area contributed by atoms with Gasteiger partial charge >= 0.3 is 0 Å². The van der Waals surface area contributed by atoms with Crippen LogP contribution in [0.1, 0.15) is 18.9 Å². The van der Waals surface area contributed by atoms with Crippen LogP contribution in [0, 0.1) is 11.6 Å². The first-order chi connectivity index (χ1) is 15.4. The maximum atomic E-state index is 13.8. The summed E-state index contributed by atoms with van der Waals surface area (Å²) in [5.74, 6) is -3.69. The van der Waals surface area contributed by atoms with Crippen molar-refractivity contribution < 1.29 is 26.8 Å². The van der Waals surface area contributed by atoms with E-state index in [-0.39, 0.29) is 28.7 Å². The summed E-state index contributed by atoms with van der Waals surface area (Å²) in [4.78, 5) is 27.0. The Morgan fingerprint density at radius 1 is 1.09 bits per heavy atom. The van der Waals surface area contributed by atoms with Gasteiger partial charge in [0.2, 0.25) is 21.8 Å². The van der Waals surface area contributed by atoms with E-state index < -0.39 is 46.1 Å². The maximum Gasteiger partial charge on any atom is 0.244 e. The largest absolute Gasteiger partial charge is 0.357 e. The first kappa shape index (κ1) is 26.8. The van der Waals surface area contributed by atoms with Crippen LogP contribution in [0.4, 0.5) is 14.5 Å². The fraction of sp³-hybridized carbons (Fsp3) is 0.333. The Balaban J connectivity index is 2.51. The van der Waals surface area contributed by atoms with Gasteiger partial charge < -0.3 is 10.2 Å². The molecular formula is C21H23Cl2F2N3O4S. The van der Waals surface area contributed by atoms with Crippen molar-refractivity contribution in [3.63, 3.8) is 0 Å². The summed E-state index contributed by atoms with van der Waals surface area (Å²) >= 11 is 12.5. The van der Waals surface area contributed by atoms with E-state index in [2.05, 4.69) is 5.32 Å². The van der Waals surface area contributed by atoms with Crippen LogP contribution >= 0.6 is 23.2 Å². The number of sulfonamides is 1. The van der Waals surface area contributed by atoms with E-state index >= 15 is 0 Å². The molecule has 2 aromatic rings. The number of carbonyl (C=O) groups excluding carboxylic acids is 2. The lowest BCUT2D eigenvalue weighted by atomic mass is 10.1. The lowest BCUT2D eigenvalue weighted by Gasteiger charge is -2.33. The van der Waals surface area contributed by atoms with Crippen molar-refractivity contribution in [2.24, 2.45) is 0 Å². The van der Waals surface area contributed by atoms with E-state index in [4.69, 9.17) is 23.2 Å². The summed E-state index contributed by atoms with van der Waals surface area (Å²) in [5.41, 5.74) is 0.128. The van der Waals surface area contributed by atoms with E-state index in [0.717, 1.165) is 23.3 Å². The third-order valence-corrected chi connectivity index (χ3v) is 6.74. The number of anilines is 1. The molecule has 7 nitrogen and oxygen atoms in total. The number of benzene rings is 2. The summed E-state index contributed by atoms with van der Waals surface area (Å²) in [6, 6.07) is 6.25. The van der Waals surface area contributed by atoms with Crippen LogP contribution in [0.3, 0.4) is 0 Å². The summed E-state index contributed by atoms with van der Waals surface area (Å²) in [6.45, 7) is 0.732. The Kier molecular flexibility index (Phi) is 9.04. The van der Waals surface area contributed by atoms with Crippen LogP contribution in [-0.2, 0) is 26.2 Å². The van der Waals surface area contributed by atoms with Crippen molar-refractivity contribution in [3.05, 3.63) is 63.6 Å². The SMILES string of the molecule is CCC(C(=O)NC)N(Cc1c(Cl)cccc1Cl)C(=O)CN(c1ccc(F)c(F)c1)S(C)(=O)=O. The molecule has 0 heterocycles. The predicted molar refractivity (Wildman–Crippen MR) is 124 cm³/mol. The summed E-state index contributed by atoms with van der Waals surface area (Å²) in [6.07, 6.45) is 1.03. The molecule has 0 radical (unpaired) electrons. The molecule has 180 valence electrons. The Morgan fingerprint density at radius 3 is 2.18 bits per heavy atom. The number of nitrogens with zero attached hydrogens (tertiary/aromatic N) is 2. The van der Waals surface area contributed by atoms with Crippen molar-refractivity contribution in [2.45, 2.75) is 25.9 Å². The molecule has 0 aliphatic heterocycles. The number of hydrogen-bond acceptors (Lipinski definition) is 4. The highest BCUT2D eigenvalue weighted by Crippen LogP contribution is 2.28. The zero-order chi connectivity index (χ0) is 24.9. The summed E-state index contributed by atoms with van der Waals surface area (Å²) in [7, 11) is -2.68. The van der Waals surface area contributed by atoms with Gasteiger partial charge in [-0.3, -0.25) is 13.9 Å². The van der Waals surface area contributed by atoms with Crippen LogP contribution in [-0.4, -0.2) is 51.0 Å². The molecule has 2 aromatic carbocycles. The molecule has 0 bridgehead atoms. The number of rotatable bonds is 9. The second-order valence-electron chi connectivity index (χ2n) is 7.13. The first-order valence-electron chi connectivity index (χ1n) is 9.77. The molecule has 12 heteroatoms. The number of nitrogens with one attached hydrogen (secondary N) is 1. The second-order valence-corrected chi connectivity index (χ2v) is 9.85. The van der Waals surface area contributed by atoms with Crippen LogP contribution in [0.25, 0.3) is 0 Å². The van der Waals surface area contributed by atoms with Crippen molar-refractivity contribution in [1.82, 2.24) is 10.2 Å². The standard InChI is InChI=1S/C21H23Cl2F2N3O4S/c1-4-19(21(30)26-2)27(11-14-15(22)6-5-7-16(14)23)20(29)12-28(33(3,31)32)13-8-9-17(24)18(25)10-13/h5-10,19H,4,11-12H2,1-3H3,(H,26,30). The lowest BCUT2D eigenvalue weighted by molar-refractivity contribution is -0.140. The normalized spacial score (nSPS) is 12.2. The zero-order valence-corrected chi connectivity index (χ0v) is 20.4. The van der Waals surface area contributed by atoms with Crippen LogP contribution in [0.15, 0.2) is 36.4 Å². The first-order valence-corrected chi connectivity index (χ1v) is 12.4. The van der Waals surface area contributed by atoms with E-state index in [0.29, 0.717) is 15.9 Å². The third kappa shape index (κ3) is 6.55. The molecule has 0 fully saturated rings. The molecule has 1 atom stereocenters. The van der Waals surface area contributed by atoms with E-state index in [1.165, 1.54) is 7.05 Å². The number of hydrogen-bond donors (Lipinski definition) is 1. The number of carbonyl (C=O) groups is 2. The number of halogens is 4. The average Bonchev–Trinajstić information content (AvgIpc) is 2.74. The molecule has 33 heavy (non-hydrogen) atoms. The molecule has 2 amide bonds. The molecule has 1 unspecified atom stereocenters. The monoisotopic (exact) mass is 521 g/mol. The van der Waals surface area contributed by atoms with Gasteiger partial charge in [-0.05, 0) is 30.7 Å². The Morgan fingerprint density at radius 2 is 1.70 bits per heavy atom. The van der Waals surface area contributed by atoms with E-state index in [9.17, 15) is 26.8 Å². The van der Waals surface area contributed by atoms with Crippen molar-refractivity contribution in [3.8, 4) is 0 Å². The molecule has 0 saturated carbocycles. The highest BCUT2D eigenvalue weighted by atomic mass is 35.5. The number of amides is 2. The van der Waals surface area contributed by atoms with Crippen molar-refractivity contribution >= 4 is 50.7 Å². The van der Waals surface area contributed by atoms with Gasteiger partial charge in [-0.25, -0.2) is 17.2 Å².